The summed E-state index contributed by atoms with van der Waals surface area (Å²) in [4.78, 5) is 11.5. The van der Waals surface area contributed by atoms with Crippen LogP contribution in [0.25, 0.3) is 0 Å². The number of aliphatic hydroxyl groups excluding tert-OH is 2. The highest BCUT2D eigenvalue weighted by atomic mass is 32.2. The summed E-state index contributed by atoms with van der Waals surface area (Å²) in [7, 11) is -3.69. The maximum Gasteiger partial charge on any atom is 0.309 e. The predicted octanol–water partition coefficient (Wildman–Crippen LogP) is -1.55. The van der Waals surface area contributed by atoms with E-state index >= 15 is 0 Å². The highest BCUT2D eigenvalue weighted by Crippen LogP contribution is 2.20. The van der Waals surface area contributed by atoms with Crippen molar-refractivity contribution in [2.75, 3.05) is 32.8 Å². The lowest BCUT2D eigenvalue weighted by atomic mass is 9.98. The molecule has 8 nitrogen and oxygen atoms in total. The van der Waals surface area contributed by atoms with Gasteiger partial charge in [0, 0.05) is 19.6 Å². The van der Waals surface area contributed by atoms with Crippen molar-refractivity contribution in [2.24, 2.45) is 5.92 Å². The van der Waals surface area contributed by atoms with Crippen LogP contribution < -0.4 is 4.72 Å². The molecule has 0 spiro atoms. The Labute approximate surface area is 118 Å². The van der Waals surface area contributed by atoms with Crippen LogP contribution in [0, 0.1) is 5.92 Å². The monoisotopic (exact) mass is 310 g/mol. The summed E-state index contributed by atoms with van der Waals surface area (Å²) in [6, 6.07) is 0. The molecule has 0 saturated carbocycles. The van der Waals surface area contributed by atoms with Crippen LogP contribution in [0.5, 0.6) is 0 Å². The van der Waals surface area contributed by atoms with Gasteiger partial charge in [-0.05, 0) is 19.8 Å². The molecule has 20 heavy (non-hydrogen) atoms. The van der Waals surface area contributed by atoms with E-state index in [0.29, 0.717) is 19.4 Å². The maximum absolute atomic E-state index is 11.9. The van der Waals surface area contributed by atoms with Crippen LogP contribution in [0.1, 0.15) is 19.8 Å². The number of hydrogen-bond acceptors (Lipinski definition) is 6. The van der Waals surface area contributed by atoms with E-state index < -0.39 is 22.9 Å². The van der Waals surface area contributed by atoms with E-state index in [4.69, 9.17) is 14.9 Å². The molecule has 1 aliphatic heterocycles. The summed E-state index contributed by atoms with van der Waals surface area (Å²) < 4.78 is 32.2. The number of carbonyl (C=O) groups excluding carboxylic acids is 1. The van der Waals surface area contributed by atoms with Crippen LogP contribution in [-0.2, 0) is 19.7 Å². The van der Waals surface area contributed by atoms with E-state index in [1.54, 1.807) is 6.92 Å². The smallest absolute Gasteiger partial charge is 0.309 e. The van der Waals surface area contributed by atoms with Gasteiger partial charge in [0.1, 0.15) is 0 Å². The maximum atomic E-state index is 11.9. The Balaban J connectivity index is 2.45. The van der Waals surface area contributed by atoms with Gasteiger partial charge in [0.2, 0.25) is 0 Å². The first-order valence-electron chi connectivity index (χ1n) is 6.61. The fourth-order valence-corrected chi connectivity index (χ4v) is 3.23. The number of ether oxygens (including phenoxy) is 1. The minimum absolute atomic E-state index is 0.230. The Morgan fingerprint density at radius 2 is 2.05 bits per heavy atom. The molecule has 1 aliphatic rings. The molecule has 1 atom stereocenters. The first-order valence-corrected chi connectivity index (χ1v) is 8.05. The highest BCUT2D eigenvalue weighted by Gasteiger charge is 2.31. The third-order valence-corrected chi connectivity index (χ3v) is 4.70. The highest BCUT2D eigenvalue weighted by molar-refractivity contribution is 7.87. The van der Waals surface area contributed by atoms with Crippen molar-refractivity contribution < 1.29 is 28.2 Å². The molecule has 1 rings (SSSR count). The molecular weight excluding hydrogens is 288 g/mol. The second-order valence-corrected chi connectivity index (χ2v) is 6.37. The summed E-state index contributed by atoms with van der Waals surface area (Å²) in [6.07, 6.45) is -0.285. The molecule has 1 heterocycles. The van der Waals surface area contributed by atoms with E-state index in [1.165, 1.54) is 4.31 Å². The summed E-state index contributed by atoms with van der Waals surface area (Å²) in [5.74, 6) is -0.544. The first-order chi connectivity index (χ1) is 9.40. The topological polar surface area (TPSA) is 116 Å². The van der Waals surface area contributed by atoms with Gasteiger partial charge in [0.15, 0.2) is 0 Å². The van der Waals surface area contributed by atoms with Gasteiger partial charge >= 0.3 is 5.97 Å². The normalized spacial score (nSPS) is 19.8. The van der Waals surface area contributed by atoms with Crippen molar-refractivity contribution in [1.29, 1.82) is 0 Å². The fourth-order valence-electron chi connectivity index (χ4n) is 1.95. The largest absolute Gasteiger partial charge is 0.466 e. The predicted molar refractivity (Wildman–Crippen MR) is 70.9 cm³/mol. The van der Waals surface area contributed by atoms with Crippen molar-refractivity contribution in [2.45, 2.75) is 25.9 Å². The fraction of sp³-hybridized carbons (Fsp3) is 0.909. The number of nitrogens with zero attached hydrogens (tertiary/aromatic N) is 1. The zero-order valence-corrected chi connectivity index (χ0v) is 12.3. The second-order valence-electron chi connectivity index (χ2n) is 4.62. The van der Waals surface area contributed by atoms with E-state index in [2.05, 4.69) is 4.72 Å². The van der Waals surface area contributed by atoms with Crippen LogP contribution in [-0.4, -0.2) is 67.9 Å². The van der Waals surface area contributed by atoms with Gasteiger partial charge in [0.05, 0.1) is 25.2 Å². The zero-order valence-electron chi connectivity index (χ0n) is 11.5. The lowest BCUT2D eigenvalue weighted by Gasteiger charge is -2.30. The molecule has 118 valence electrons. The van der Waals surface area contributed by atoms with Crippen molar-refractivity contribution >= 4 is 16.2 Å². The molecule has 0 aromatic carbocycles. The molecule has 9 heteroatoms. The van der Waals surface area contributed by atoms with Gasteiger partial charge in [-0.25, -0.2) is 0 Å². The Morgan fingerprint density at radius 1 is 1.45 bits per heavy atom. The minimum Gasteiger partial charge on any atom is -0.466 e. The molecule has 0 radical (unpaired) electrons. The molecule has 0 amide bonds. The summed E-state index contributed by atoms with van der Waals surface area (Å²) in [6.45, 7) is 1.76. The molecule has 0 aromatic rings. The van der Waals surface area contributed by atoms with Gasteiger partial charge in [0.25, 0.3) is 10.2 Å². The van der Waals surface area contributed by atoms with Crippen LogP contribution in [0.3, 0.4) is 0 Å². The number of hydrogen-bond donors (Lipinski definition) is 3. The van der Waals surface area contributed by atoms with Gasteiger partial charge in [-0.15, -0.1) is 0 Å². The average molecular weight is 310 g/mol. The van der Waals surface area contributed by atoms with E-state index in [0.717, 1.165) is 0 Å². The lowest BCUT2D eigenvalue weighted by molar-refractivity contribution is -0.149. The Morgan fingerprint density at radius 3 is 2.55 bits per heavy atom. The third kappa shape index (κ3) is 4.98. The van der Waals surface area contributed by atoms with Gasteiger partial charge in [-0.1, -0.05) is 0 Å². The van der Waals surface area contributed by atoms with Crippen molar-refractivity contribution in [3.8, 4) is 0 Å². The molecule has 3 N–H and O–H groups in total. The number of nitrogens with one attached hydrogen (secondary N) is 1. The molecule has 0 bridgehead atoms. The van der Waals surface area contributed by atoms with Crippen molar-refractivity contribution in [3.63, 3.8) is 0 Å². The number of piperidine rings is 1. The van der Waals surface area contributed by atoms with Gasteiger partial charge in [-0.3, -0.25) is 4.79 Å². The molecule has 1 saturated heterocycles. The Bertz CT molecular complexity index is 405. The molecule has 0 aliphatic carbocycles. The molecule has 0 aromatic heterocycles. The van der Waals surface area contributed by atoms with Crippen molar-refractivity contribution in [3.05, 3.63) is 0 Å². The summed E-state index contributed by atoms with van der Waals surface area (Å²) in [5.41, 5.74) is 0. The summed E-state index contributed by atoms with van der Waals surface area (Å²) >= 11 is 0. The number of esters is 1. The minimum atomic E-state index is -3.69. The first kappa shape index (κ1) is 17.3. The number of rotatable bonds is 7. The SMILES string of the molecule is CCOC(=O)C1CCN(S(=O)(=O)NCC(O)CO)CC1. The van der Waals surface area contributed by atoms with Crippen LogP contribution in [0.4, 0.5) is 0 Å². The standard InChI is InChI=1S/C11H22N2O6S/c1-2-19-11(16)9-3-5-13(6-4-9)20(17,18)12-7-10(15)8-14/h9-10,12,14-15H,2-8H2,1H3. The van der Waals surface area contributed by atoms with E-state index in [9.17, 15) is 13.2 Å². The van der Waals surface area contributed by atoms with Crippen LogP contribution in [0.15, 0.2) is 0 Å². The Kier molecular flexibility index (Phi) is 6.83. The van der Waals surface area contributed by atoms with Crippen LogP contribution in [0.2, 0.25) is 0 Å². The average Bonchev–Trinajstić information content (AvgIpc) is 2.45. The lowest BCUT2D eigenvalue weighted by Crippen LogP contribution is -2.48. The summed E-state index contributed by atoms with van der Waals surface area (Å²) in [5, 5.41) is 17.8. The third-order valence-electron chi connectivity index (χ3n) is 3.13. The molecule has 1 fully saturated rings. The van der Waals surface area contributed by atoms with Crippen LogP contribution >= 0.6 is 0 Å². The molecule has 1 unspecified atom stereocenters. The quantitative estimate of drug-likeness (QED) is 0.490. The van der Waals surface area contributed by atoms with E-state index in [-0.39, 0.29) is 31.5 Å². The van der Waals surface area contributed by atoms with Gasteiger partial charge < -0.3 is 14.9 Å². The Hall–Kier alpha value is -0.740. The molecular formula is C11H22N2O6S. The van der Waals surface area contributed by atoms with Crippen molar-refractivity contribution in [1.82, 2.24) is 9.03 Å². The second kappa shape index (κ2) is 7.89. The zero-order chi connectivity index (χ0) is 15.2. The number of aliphatic hydroxyl groups is 2. The van der Waals surface area contributed by atoms with Gasteiger partial charge in [-0.2, -0.15) is 17.4 Å². The van der Waals surface area contributed by atoms with E-state index in [1.807, 2.05) is 0 Å². The number of carbonyl (C=O) groups is 1.